The Bertz CT molecular complexity index is 502. The third kappa shape index (κ3) is 3.27. The number of nitriles is 2. The quantitative estimate of drug-likeness (QED) is 0.802. The minimum absolute atomic E-state index is 0.164. The van der Waals surface area contributed by atoms with Crippen molar-refractivity contribution in [3.63, 3.8) is 0 Å². The summed E-state index contributed by atoms with van der Waals surface area (Å²) in [4.78, 5) is 13.0. The molecule has 1 rings (SSSR count). The number of hydrogen-bond donors (Lipinski definition) is 0. The molecule has 17 heavy (non-hydrogen) atoms. The number of amides is 1. The summed E-state index contributed by atoms with van der Waals surface area (Å²) in [5, 5.41) is 17.1. The highest BCUT2D eigenvalue weighted by atomic mass is 79.9. The van der Waals surface area contributed by atoms with Crippen molar-refractivity contribution in [2.45, 2.75) is 0 Å². The highest BCUT2D eigenvalue weighted by Crippen LogP contribution is 2.17. The lowest BCUT2D eigenvalue weighted by molar-refractivity contribution is 0.0794. The van der Waals surface area contributed by atoms with Crippen molar-refractivity contribution in [2.75, 3.05) is 13.1 Å². The number of nitrogens with zero attached hydrogens (tertiary/aromatic N) is 3. The van der Waals surface area contributed by atoms with E-state index in [-0.39, 0.29) is 23.1 Å². The van der Waals surface area contributed by atoms with Crippen LogP contribution < -0.4 is 0 Å². The average Bonchev–Trinajstić information content (AvgIpc) is 2.31. The van der Waals surface area contributed by atoms with Crippen molar-refractivity contribution in [1.29, 1.82) is 10.5 Å². The Labute approximate surface area is 106 Å². The summed E-state index contributed by atoms with van der Waals surface area (Å²) >= 11 is 2.97. The molecular weight excluding hydrogens is 289 g/mol. The first-order valence-electron chi connectivity index (χ1n) is 4.58. The van der Waals surface area contributed by atoms with Crippen LogP contribution in [0.25, 0.3) is 0 Å². The summed E-state index contributed by atoms with van der Waals surface area (Å²) in [6.07, 6.45) is 0. The molecule has 1 aromatic rings. The van der Waals surface area contributed by atoms with Crippen molar-refractivity contribution in [3.05, 3.63) is 34.1 Å². The standard InChI is InChI=1S/C11H7BrFN3O/c12-9-7-8(1-2-10(9)13)11(17)16(5-3-14)6-4-15/h1-2,7H,5-6H2. The van der Waals surface area contributed by atoms with Gasteiger partial charge in [-0.25, -0.2) is 4.39 Å². The lowest BCUT2D eigenvalue weighted by Crippen LogP contribution is -2.31. The molecule has 0 spiro atoms. The fourth-order valence-electron chi connectivity index (χ4n) is 1.18. The molecule has 0 radical (unpaired) electrons. The van der Waals surface area contributed by atoms with Gasteiger partial charge in [-0.05, 0) is 34.1 Å². The molecule has 0 aliphatic carbocycles. The molecule has 0 heterocycles. The first kappa shape index (κ1) is 13.1. The number of halogens is 2. The van der Waals surface area contributed by atoms with Crippen LogP contribution in [-0.2, 0) is 0 Å². The summed E-state index contributed by atoms with van der Waals surface area (Å²) in [5.74, 6) is -0.956. The van der Waals surface area contributed by atoms with E-state index in [0.717, 1.165) is 11.0 Å². The van der Waals surface area contributed by atoms with Crippen molar-refractivity contribution in [2.24, 2.45) is 0 Å². The zero-order chi connectivity index (χ0) is 12.8. The van der Waals surface area contributed by atoms with Crippen LogP contribution in [0.1, 0.15) is 10.4 Å². The predicted molar refractivity (Wildman–Crippen MR) is 61.2 cm³/mol. The van der Waals surface area contributed by atoms with Crippen LogP contribution in [0.2, 0.25) is 0 Å². The normalized spacial score (nSPS) is 9.18. The lowest BCUT2D eigenvalue weighted by atomic mass is 10.2. The fraction of sp³-hybridized carbons (Fsp3) is 0.182. The van der Waals surface area contributed by atoms with Gasteiger partial charge in [0.05, 0.1) is 16.6 Å². The summed E-state index contributed by atoms with van der Waals surface area (Å²) < 4.78 is 13.1. The Kier molecular flexibility index (Phi) is 4.62. The van der Waals surface area contributed by atoms with Crippen LogP contribution >= 0.6 is 15.9 Å². The molecule has 4 nitrogen and oxygen atoms in total. The van der Waals surface area contributed by atoms with Gasteiger partial charge in [0, 0.05) is 5.56 Å². The van der Waals surface area contributed by atoms with E-state index in [1.807, 2.05) is 0 Å². The molecule has 0 N–H and O–H groups in total. The molecule has 6 heteroatoms. The maximum absolute atomic E-state index is 13.0. The molecule has 0 aliphatic heterocycles. The van der Waals surface area contributed by atoms with E-state index in [4.69, 9.17) is 10.5 Å². The predicted octanol–water partition coefficient (Wildman–Crippen LogP) is 2.08. The first-order valence-corrected chi connectivity index (χ1v) is 5.37. The van der Waals surface area contributed by atoms with Gasteiger partial charge in [0.15, 0.2) is 0 Å². The minimum atomic E-state index is -0.478. The maximum atomic E-state index is 13.0. The largest absolute Gasteiger partial charge is 0.312 e. The second kappa shape index (κ2) is 5.97. The molecule has 0 unspecified atom stereocenters. The van der Waals surface area contributed by atoms with Gasteiger partial charge >= 0.3 is 0 Å². The molecule has 86 valence electrons. The monoisotopic (exact) mass is 295 g/mol. The van der Waals surface area contributed by atoms with Gasteiger partial charge in [-0.15, -0.1) is 0 Å². The Morgan fingerprint density at radius 1 is 1.35 bits per heavy atom. The fourth-order valence-corrected chi connectivity index (χ4v) is 1.56. The van der Waals surface area contributed by atoms with Crippen LogP contribution in [0.3, 0.4) is 0 Å². The summed E-state index contributed by atoms with van der Waals surface area (Å²) in [6, 6.07) is 7.37. The van der Waals surface area contributed by atoms with Crippen molar-refractivity contribution >= 4 is 21.8 Å². The zero-order valence-corrected chi connectivity index (χ0v) is 10.2. The van der Waals surface area contributed by atoms with E-state index in [2.05, 4.69) is 15.9 Å². The summed E-state index contributed by atoms with van der Waals surface area (Å²) in [6.45, 7) is -0.358. The van der Waals surface area contributed by atoms with Crippen LogP contribution in [0.5, 0.6) is 0 Å². The zero-order valence-electron chi connectivity index (χ0n) is 8.65. The Balaban J connectivity index is 2.98. The van der Waals surface area contributed by atoms with E-state index in [0.29, 0.717) is 0 Å². The van der Waals surface area contributed by atoms with Gasteiger partial charge in [0.1, 0.15) is 18.9 Å². The van der Waals surface area contributed by atoms with E-state index in [9.17, 15) is 9.18 Å². The molecule has 0 saturated carbocycles. The maximum Gasteiger partial charge on any atom is 0.255 e. The molecule has 0 atom stereocenters. The molecule has 0 saturated heterocycles. The van der Waals surface area contributed by atoms with Crippen molar-refractivity contribution < 1.29 is 9.18 Å². The highest BCUT2D eigenvalue weighted by molar-refractivity contribution is 9.10. The Hall–Kier alpha value is -1.92. The van der Waals surface area contributed by atoms with Gasteiger partial charge in [-0.1, -0.05) is 0 Å². The van der Waals surface area contributed by atoms with Gasteiger partial charge in [0.25, 0.3) is 5.91 Å². The van der Waals surface area contributed by atoms with Crippen LogP contribution in [0.4, 0.5) is 4.39 Å². The summed E-state index contributed by atoms with van der Waals surface area (Å²) in [5.41, 5.74) is 0.226. The van der Waals surface area contributed by atoms with Gasteiger partial charge in [-0.3, -0.25) is 4.79 Å². The van der Waals surface area contributed by atoms with Crippen LogP contribution in [-0.4, -0.2) is 23.9 Å². The van der Waals surface area contributed by atoms with Crippen molar-refractivity contribution in [3.8, 4) is 12.1 Å². The van der Waals surface area contributed by atoms with Gasteiger partial charge in [0.2, 0.25) is 0 Å². The van der Waals surface area contributed by atoms with Crippen molar-refractivity contribution in [1.82, 2.24) is 4.90 Å². The van der Waals surface area contributed by atoms with E-state index >= 15 is 0 Å². The second-order valence-corrected chi connectivity index (χ2v) is 3.96. The number of hydrogen-bond acceptors (Lipinski definition) is 3. The topological polar surface area (TPSA) is 67.9 Å². The molecule has 0 aliphatic rings. The molecular formula is C11H7BrFN3O. The van der Waals surface area contributed by atoms with Crippen LogP contribution in [0.15, 0.2) is 22.7 Å². The number of rotatable bonds is 3. The smallest absolute Gasteiger partial charge is 0.255 e. The number of carbonyl (C=O) groups is 1. The second-order valence-electron chi connectivity index (χ2n) is 3.11. The highest BCUT2D eigenvalue weighted by Gasteiger charge is 2.16. The molecule has 1 amide bonds. The third-order valence-electron chi connectivity index (χ3n) is 1.98. The SMILES string of the molecule is N#CCN(CC#N)C(=O)c1ccc(F)c(Br)c1. The Morgan fingerprint density at radius 3 is 2.41 bits per heavy atom. The minimum Gasteiger partial charge on any atom is -0.312 e. The third-order valence-corrected chi connectivity index (χ3v) is 2.58. The first-order chi connectivity index (χ1) is 8.10. The molecule has 1 aromatic carbocycles. The van der Waals surface area contributed by atoms with E-state index < -0.39 is 11.7 Å². The van der Waals surface area contributed by atoms with Gasteiger partial charge < -0.3 is 4.90 Å². The Morgan fingerprint density at radius 2 is 1.94 bits per heavy atom. The van der Waals surface area contributed by atoms with E-state index in [1.165, 1.54) is 12.1 Å². The van der Waals surface area contributed by atoms with Gasteiger partial charge in [-0.2, -0.15) is 10.5 Å². The molecule has 0 bridgehead atoms. The number of carbonyl (C=O) groups excluding carboxylic acids is 1. The molecule has 0 aromatic heterocycles. The van der Waals surface area contributed by atoms with Crippen LogP contribution in [0, 0.1) is 28.5 Å². The summed E-state index contributed by atoms with van der Waals surface area (Å²) in [7, 11) is 0. The lowest BCUT2D eigenvalue weighted by Gasteiger charge is -2.15. The molecule has 0 fully saturated rings. The van der Waals surface area contributed by atoms with E-state index in [1.54, 1.807) is 12.1 Å². The average molecular weight is 296 g/mol. The number of benzene rings is 1.